The summed E-state index contributed by atoms with van der Waals surface area (Å²) in [6.07, 6.45) is 6.13. The number of amides is 1. The fourth-order valence-electron chi connectivity index (χ4n) is 3.37. The first-order valence-electron chi connectivity index (χ1n) is 9.29. The molecule has 1 aliphatic rings. The van der Waals surface area contributed by atoms with Gasteiger partial charge in [-0.3, -0.25) is 9.69 Å². The monoisotopic (exact) mass is 355 g/mol. The summed E-state index contributed by atoms with van der Waals surface area (Å²) >= 11 is 0. The van der Waals surface area contributed by atoms with Crippen molar-refractivity contribution in [2.24, 2.45) is 0 Å². The second kappa shape index (κ2) is 7.54. The molecule has 0 radical (unpaired) electrons. The molecule has 1 fully saturated rings. The standard InChI is InChI=1S/C21H29N3O2/c1-21(2,3)24-13-10-19(11-14-24)26-18-7-5-17(6-8-18)23-12-9-16(15-23)20(25)22-4/h5-9,12,15,19H,10-11,13-14H2,1-4H3,(H,22,25). The SMILES string of the molecule is CNC(=O)c1ccn(-c2ccc(OC3CCN(C(C)(C)C)CC3)cc2)c1. The summed E-state index contributed by atoms with van der Waals surface area (Å²) in [6, 6.07) is 9.86. The molecule has 26 heavy (non-hydrogen) atoms. The summed E-state index contributed by atoms with van der Waals surface area (Å²) in [4.78, 5) is 14.2. The topological polar surface area (TPSA) is 46.5 Å². The number of ether oxygens (including phenoxy) is 1. The van der Waals surface area contributed by atoms with Gasteiger partial charge in [-0.2, -0.15) is 0 Å². The highest BCUT2D eigenvalue weighted by atomic mass is 16.5. The Balaban J connectivity index is 1.58. The van der Waals surface area contributed by atoms with Gasteiger partial charge < -0.3 is 14.6 Å². The van der Waals surface area contributed by atoms with E-state index in [4.69, 9.17) is 4.74 Å². The maximum Gasteiger partial charge on any atom is 0.252 e. The van der Waals surface area contributed by atoms with E-state index in [0.29, 0.717) is 5.56 Å². The molecule has 2 heterocycles. The van der Waals surface area contributed by atoms with Crippen molar-refractivity contribution in [2.45, 2.75) is 45.3 Å². The van der Waals surface area contributed by atoms with E-state index in [-0.39, 0.29) is 17.6 Å². The summed E-state index contributed by atoms with van der Waals surface area (Å²) in [5.41, 5.74) is 1.89. The third kappa shape index (κ3) is 4.28. The number of carbonyl (C=O) groups excluding carboxylic acids is 1. The Kier molecular flexibility index (Phi) is 5.37. The van der Waals surface area contributed by atoms with E-state index in [1.807, 2.05) is 47.3 Å². The lowest BCUT2D eigenvalue weighted by Gasteiger charge is -2.40. The number of piperidine rings is 1. The van der Waals surface area contributed by atoms with Gasteiger partial charge in [-0.15, -0.1) is 0 Å². The molecule has 5 heteroatoms. The van der Waals surface area contributed by atoms with Gasteiger partial charge in [-0.05, 0) is 63.9 Å². The van der Waals surface area contributed by atoms with E-state index in [1.54, 1.807) is 7.05 Å². The number of nitrogens with zero attached hydrogens (tertiary/aromatic N) is 2. The molecule has 1 aromatic carbocycles. The molecule has 0 saturated carbocycles. The van der Waals surface area contributed by atoms with Gasteiger partial charge in [0.15, 0.2) is 0 Å². The Hall–Kier alpha value is -2.27. The minimum absolute atomic E-state index is 0.0784. The molecule has 1 N–H and O–H groups in total. The van der Waals surface area contributed by atoms with Crippen molar-refractivity contribution in [2.75, 3.05) is 20.1 Å². The van der Waals surface area contributed by atoms with Crippen molar-refractivity contribution < 1.29 is 9.53 Å². The van der Waals surface area contributed by atoms with Gasteiger partial charge in [0.25, 0.3) is 5.91 Å². The number of aromatic nitrogens is 1. The van der Waals surface area contributed by atoms with Crippen molar-refractivity contribution in [1.29, 1.82) is 0 Å². The summed E-state index contributed by atoms with van der Waals surface area (Å²) in [5, 5.41) is 2.64. The van der Waals surface area contributed by atoms with Crippen LogP contribution in [-0.4, -0.2) is 47.2 Å². The van der Waals surface area contributed by atoms with Gasteiger partial charge in [-0.25, -0.2) is 0 Å². The Labute approximate surface area is 156 Å². The normalized spacial score (nSPS) is 16.5. The number of benzene rings is 1. The second-order valence-corrected chi connectivity index (χ2v) is 7.86. The highest BCUT2D eigenvalue weighted by Gasteiger charge is 2.27. The molecule has 0 bridgehead atoms. The highest BCUT2D eigenvalue weighted by molar-refractivity contribution is 5.93. The molecule has 1 amide bonds. The Bertz CT molecular complexity index is 735. The maximum atomic E-state index is 11.7. The average Bonchev–Trinajstić information content (AvgIpc) is 3.11. The molecule has 1 aliphatic heterocycles. The van der Waals surface area contributed by atoms with Crippen LogP contribution in [0, 0.1) is 0 Å². The van der Waals surface area contributed by atoms with Crippen molar-refractivity contribution >= 4 is 5.91 Å². The van der Waals surface area contributed by atoms with Gasteiger partial charge >= 0.3 is 0 Å². The molecule has 0 spiro atoms. The minimum atomic E-state index is -0.0784. The van der Waals surface area contributed by atoms with Crippen LogP contribution in [0.2, 0.25) is 0 Å². The average molecular weight is 355 g/mol. The van der Waals surface area contributed by atoms with Crippen molar-refractivity contribution in [3.8, 4) is 11.4 Å². The van der Waals surface area contributed by atoms with Crippen LogP contribution in [0.3, 0.4) is 0 Å². The van der Waals surface area contributed by atoms with E-state index < -0.39 is 0 Å². The highest BCUT2D eigenvalue weighted by Crippen LogP contribution is 2.24. The van der Waals surface area contributed by atoms with E-state index in [0.717, 1.165) is 37.4 Å². The zero-order valence-corrected chi connectivity index (χ0v) is 16.2. The first-order chi connectivity index (χ1) is 12.4. The summed E-state index contributed by atoms with van der Waals surface area (Å²) in [5.74, 6) is 0.826. The number of hydrogen-bond donors (Lipinski definition) is 1. The first-order valence-corrected chi connectivity index (χ1v) is 9.29. The largest absolute Gasteiger partial charge is 0.490 e. The Morgan fingerprint density at radius 1 is 1.12 bits per heavy atom. The molecule has 5 nitrogen and oxygen atoms in total. The minimum Gasteiger partial charge on any atom is -0.490 e. The number of hydrogen-bond acceptors (Lipinski definition) is 3. The van der Waals surface area contributed by atoms with E-state index in [2.05, 4.69) is 31.0 Å². The van der Waals surface area contributed by atoms with E-state index in [9.17, 15) is 4.79 Å². The molecule has 0 aliphatic carbocycles. The molecule has 0 unspecified atom stereocenters. The van der Waals surface area contributed by atoms with Crippen LogP contribution in [0.25, 0.3) is 5.69 Å². The predicted octanol–water partition coefficient (Wildman–Crippen LogP) is 3.48. The number of nitrogens with one attached hydrogen (secondary N) is 1. The molecule has 0 atom stereocenters. The van der Waals surface area contributed by atoms with Crippen LogP contribution >= 0.6 is 0 Å². The maximum absolute atomic E-state index is 11.7. The lowest BCUT2D eigenvalue weighted by atomic mass is 9.99. The van der Waals surface area contributed by atoms with Gasteiger partial charge in [0.2, 0.25) is 0 Å². The zero-order chi connectivity index (χ0) is 18.7. The molecule has 1 saturated heterocycles. The molecule has 140 valence electrons. The summed E-state index contributed by atoms with van der Waals surface area (Å²) < 4.78 is 8.11. The third-order valence-corrected chi connectivity index (χ3v) is 5.01. The fourth-order valence-corrected chi connectivity index (χ4v) is 3.37. The fraction of sp³-hybridized carbons (Fsp3) is 0.476. The van der Waals surface area contributed by atoms with Gasteiger partial charge in [0, 0.05) is 43.8 Å². The van der Waals surface area contributed by atoms with Gasteiger partial charge in [0.05, 0.1) is 5.56 Å². The van der Waals surface area contributed by atoms with Crippen molar-refractivity contribution in [3.05, 3.63) is 48.3 Å². The Morgan fingerprint density at radius 2 is 1.77 bits per heavy atom. The molecule has 2 aromatic rings. The van der Waals surface area contributed by atoms with E-state index >= 15 is 0 Å². The van der Waals surface area contributed by atoms with Gasteiger partial charge in [0.1, 0.15) is 11.9 Å². The Morgan fingerprint density at radius 3 is 2.35 bits per heavy atom. The predicted molar refractivity (Wildman–Crippen MR) is 104 cm³/mol. The van der Waals surface area contributed by atoms with Crippen molar-refractivity contribution in [3.63, 3.8) is 0 Å². The van der Waals surface area contributed by atoms with E-state index in [1.165, 1.54) is 0 Å². The second-order valence-electron chi connectivity index (χ2n) is 7.86. The lowest BCUT2D eigenvalue weighted by Crippen LogP contribution is -2.48. The van der Waals surface area contributed by atoms with Crippen LogP contribution in [0.5, 0.6) is 5.75 Å². The quantitative estimate of drug-likeness (QED) is 0.913. The molecule has 1 aromatic heterocycles. The number of carbonyl (C=O) groups is 1. The smallest absolute Gasteiger partial charge is 0.252 e. The van der Waals surface area contributed by atoms with Crippen LogP contribution in [0.1, 0.15) is 44.0 Å². The van der Waals surface area contributed by atoms with Crippen LogP contribution in [0.15, 0.2) is 42.7 Å². The lowest BCUT2D eigenvalue weighted by molar-refractivity contribution is 0.0491. The third-order valence-electron chi connectivity index (χ3n) is 5.01. The molecular weight excluding hydrogens is 326 g/mol. The van der Waals surface area contributed by atoms with Crippen molar-refractivity contribution in [1.82, 2.24) is 14.8 Å². The molecular formula is C21H29N3O2. The van der Waals surface area contributed by atoms with Crippen LogP contribution in [0.4, 0.5) is 0 Å². The van der Waals surface area contributed by atoms with Crippen LogP contribution < -0.4 is 10.1 Å². The summed E-state index contributed by atoms with van der Waals surface area (Å²) in [6.45, 7) is 8.97. The van der Waals surface area contributed by atoms with Gasteiger partial charge in [-0.1, -0.05) is 0 Å². The number of rotatable bonds is 4. The summed E-state index contributed by atoms with van der Waals surface area (Å²) in [7, 11) is 1.64. The first kappa shape index (κ1) is 18.5. The van der Waals surface area contributed by atoms with Crippen LogP contribution in [-0.2, 0) is 0 Å². The number of likely N-dealkylation sites (tertiary alicyclic amines) is 1. The molecule has 3 rings (SSSR count). The zero-order valence-electron chi connectivity index (χ0n) is 16.2.